The van der Waals surface area contributed by atoms with Gasteiger partial charge in [-0.15, -0.1) is 0 Å². The van der Waals surface area contributed by atoms with E-state index in [9.17, 15) is 8.42 Å². The van der Waals surface area contributed by atoms with Crippen LogP contribution in [0.2, 0.25) is 0 Å². The zero-order valence-electron chi connectivity index (χ0n) is 18.3. The molecule has 2 aromatic carbocycles. The molecule has 1 aliphatic heterocycles. The van der Waals surface area contributed by atoms with Crippen LogP contribution in [0.1, 0.15) is 6.92 Å². The molecule has 8 nitrogen and oxygen atoms in total. The molecule has 0 spiro atoms. The molecule has 1 aromatic heterocycles. The first kappa shape index (κ1) is 23.7. The standard InChI is InChI=1S/C23H26BrN3O5S/c1-2-31-19-7-3-17(4-8-19)21-26-23(33(28,29)20-9-5-18(24)6-10-20)22(32-21)25-11-12-27-13-15-30-16-14-27/h3-10,25H,2,11-16H2,1H3. The number of hydrogen-bond acceptors (Lipinski definition) is 8. The van der Waals surface area contributed by atoms with E-state index < -0.39 is 9.84 Å². The van der Waals surface area contributed by atoms with Crippen LogP contribution < -0.4 is 10.1 Å². The number of benzene rings is 2. The Hall–Kier alpha value is -2.40. The maximum Gasteiger partial charge on any atom is 0.233 e. The molecule has 1 fully saturated rings. The minimum atomic E-state index is -3.89. The highest BCUT2D eigenvalue weighted by Gasteiger charge is 2.28. The van der Waals surface area contributed by atoms with Gasteiger partial charge in [0.15, 0.2) is 0 Å². The molecule has 2 heterocycles. The van der Waals surface area contributed by atoms with Crippen molar-refractivity contribution >= 4 is 31.7 Å². The summed E-state index contributed by atoms with van der Waals surface area (Å²) in [7, 11) is -3.89. The van der Waals surface area contributed by atoms with Gasteiger partial charge < -0.3 is 19.2 Å². The molecular formula is C23H26BrN3O5S. The molecule has 0 amide bonds. The van der Waals surface area contributed by atoms with Gasteiger partial charge in [-0.25, -0.2) is 8.42 Å². The van der Waals surface area contributed by atoms with Crippen LogP contribution in [0.25, 0.3) is 11.5 Å². The highest BCUT2D eigenvalue weighted by Crippen LogP contribution is 2.33. The molecule has 0 atom stereocenters. The van der Waals surface area contributed by atoms with E-state index in [1.165, 1.54) is 0 Å². The predicted molar refractivity (Wildman–Crippen MR) is 128 cm³/mol. The second-order valence-electron chi connectivity index (χ2n) is 7.45. The van der Waals surface area contributed by atoms with Crippen LogP contribution >= 0.6 is 15.9 Å². The van der Waals surface area contributed by atoms with Gasteiger partial charge in [-0.05, 0) is 55.5 Å². The largest absolute Gasteiger partial charge is 0.494 e. The third-order valence-electron chi connectivity index (χ3n) is 5.20. The minimum Gasteiger partial charge on any atom is -0.494 e. The monoisotopic (exact) mass is 535 g/mol. The van der Waals surface area contributed by atoms with Gasteiger partial charge in [-0.3, -0.25) is 4.90 Å². The molecule has 3 aromatic rings. The normalized spacial score (nSPS) is 14.8. The van der Waals surface area contributed by atoms with E-state index in [2.05, 4.69) is 31.1 Å². The first-order valence-electron chi connectivity index (χ1n) is 10.8. The topological polar surface area (TPSA) is 93.9 Å². The number of aromatic nitrogens is 1. The highest BCUT2D eigenvalue weighted by molar-refractivity contribution is 9.10. The fourth-order valence-electron chi connectivity index (χ4n) is 3.46. The van der Waals surface area contributed by atoms with Gasteiger partial charge in [-0.2, -0.15) is 4.98 Å². The van der Waals surface area contributed by atoms with Crippen molar-refractivity contribution in [2.75, 3.05) is 51.3 Å². The van der Waals surface area contributed by atoms with Crippen molar-refractivity contribution in [2.45, 2.75) is 16.8 Å². The van der Waals surface area contributed by atoms with Crippen molar-refractivity contribution in [3.8, 4) is 17.2 Å². The van der Waals surface area contributed by atoms with Crippen LogP contribution in [0, 0.1) is 0 Å². The van der Waals surface area contributed by atoms with Gasteiger partial charge >= 0.3 is 0 Å². The summed E-state index contributed by atoms with van der Waals surface area (Å²) in [5, 5.41) is 3.02. The number of nitrogens with one attached hydrogen (secondary N) is 1. The molecule has 0 unspecified atom stereocenters. The average molecular weight is 536 g/mol. The lowest BCUT2D eigenvalue weighted by Gasteiger charge is -2.26. The number of anilines is 1. The molecule has 1 aliphatic rings. The van der Waals surface area contributed by atoms with Crippen molar-refractivity contribution in [1.82, 2.24) is 9.88 Å². The summed E-state index contributed by atoms with van der Waals surface area (Å²) >= 11 is 3.34. The minimum absolute atomic E-state index is 0.129. The van der Waals surface area contributed by atoms with Crippen LogP contribution in [0.5, 0.6) is 5.75 Å². The summed E-state index contributed by atoms with van der Waals surface area (Å²) in [5.74, 6) is 1.08. The lowest BCUT2D eigenvalue weighted by Crippen LogP contribution is -2.39. The first-order valence-corrected chi connectivity index (χ1v) is 13.0. The van der Waals surface area contributed by atoms with Crippen LogP contribution in [0.4, 0.5) is 5.88 Å². The van der Waals surface area contributed by atoms with Crippen molar-refractivity contribution < 1.29 is 22.3 Å². The smallest absolute Gasteiger partial charge is 0.233 e. The maximum atomic E-state index is 13.4. The Balaban J connectivity index is 1.62. The molecule has 10 heteroatoms. The second-order valence-corrected chi connectivity index (χ2v) is 10.2. The Bertz CT molecular complexity index is 1160. The third-order valence-corrected chi connectivity index (χ3v) is 7.41. The Morgan fingerprint density at radius 3 is 2.45 bits per heavy atom. The average Bonchev–Trinajstić information content (AvgIpc) is 3.26. The third kappa shape index (κ3) is 5.75. The molecule has 176 valence electrons. The number of rotatable bonds is 9. The van der Waals surface area contributed by atoms with Gasteiger partial charge in [-0.1, -0.05) is 15.9 Å². The van der Waals surface area contributed by atoms with Crippen molar-refractivity contribution in [3.05, 3.63) is 53.0 Å². The molecule has 1 saturated heterocycles. The van der Waals surface area contributed by atoms with E-state index in [1.807, 2.05) is 6.92 Å². The van der Waals surface area contributed by atoms with Gasteiger partial charge in [0.25, 0.3) is 0 Å². The number of oxazole rings is 1. The van der Waals surface area contributed by atoms with Crippen LogP contribution in [0.3, 0.4) is 0 Å². The molecule has 4 rings (SSSR count). The molecule has 0 radical (unpaired) electrons. The Kier molecular flexibility index (Phi) is 7.69. The first-order chi connectivity index (χ1) is 16.0. The summed E-state index contributed by atoms with van der Waals surface area (Å²) in [5.41, 5.74) is 0.659. The summed E-state index contributed by atoms with van der Waals surface area (Å²) in [6, 6.07) is 13.7. The predicted octanol–water partition coefficient (Wildman–Crippen LogP) is 4.08. The summed E-state index contributed by atoms with van der Waals surface area (Å²) < 4.78 is 44.4. The number of halogens is 1. The van der Waals surface area contributed by atoms with Crippen LogP contribution in [0.15, 0.2) is 67.3 Å². The Morgan fingerprint density at radius 1 is 1.09 bits per heavy atom. The van der Waals surface area contributed by atoms with Crippen molar-refractivity contribution in [1.29, 1.82) is 0 Å². The number of ether oxygens (including phenoxy) is 2. The molecular weight excluding hydrogens is 510 g/mol. The molecule has 0 bridgehead atoms. The highest BCUT2D eigenvalue weighted by atomic mass is 79.9. The van der Waals surface area contributed by atoms with Crippen LogP contribution in [-0.2, 0) is 14.6 Å². The van der Waals surface area contributed by atoms with Gasteiger partial charge in [0.05, 0.1) is 24.7 Å². The van der Waals surface area contributed by atoms with Gasteiger partial charge in [0.2, 0.25) is 26.6 Å². The fourth-order valence-corrected chi connectivity index (χ4v) is 5.00. The number of morpholine rings is 1. The van der Waals surface area contributed by atoms with E-state index >= 15 is 0 Å². The van der Waals surface area contributed by atoms with E-state index in [4.69, 9.17) is 13.9 Å². The molecule has 1 N–H and O–H groups in total. The molecule has 0 saturated carbocycles. The van der Waals surface area contributed by atoms with Crippen molar-refractivity contribution in [2.24, 2.45) is 0 Å². The zero-order chi connectivity index (χ0) is 23.3. The second kappa shape index (κ2) is 10.7. The van der Waals surface area contributed by atoms with E-state index in [0.29, 0.717) is 31.9 Å². The quantitative estimate of drug-likeness (QED) is 0.438. The zero-order valence-corrected chi connectivity index (χ0v) is 20.7. The molecule has 33 heavy (non-hydrogen) atoms. The number of nitrogens with zero attached hydrogens (tertiary/aromatic N) is 2. The van der Waals surface area contributed by atoms with E-state index in [0.717, 1.165) is 29.9 Å². The summed E-state index contributed by atoms with van der Waals surface area (Å²) in [6.45, 7) is 6.82. The lowest BCUT2D eigenvalue weighted by atomic mass is 10.2. The van der Waals surface area contributed by atoms with Crippen LogP contribution in [-0.4, -0.2) is 64.3 Å². The van der Waals surface area contributed by atoms with Gasteiger partial charge in [0.1, 0.15) is 5.75 Å². The molecule has 0 aliphatic carbocycles. The Morgan fingerprint density at radius 2 is 1.79 bits per heavy atom. The Labute approximate surface area is 202 Å². The van der Waals surface area contributed by atoms with Gasteiger partial charge in [0, 0.05) is 36.2 Å². The number of hydrogen-bond donors (Lipinski definition) is 1. The van der Waals surface area contributed by atoms with E-state index in [-0.39, 0.29) is 21.7 Å². The van der Waals surface area contributed by atoms with E-state index in [1.54, 1.807) is 48.5 Å². The maximum absolute atomic E-state index is 13.4. The fraction of sp³-hybridized carbons (Fsp3) is 0.348. The summed E-state index contributed by atoms with van der Waals surface area (Å²) in [4.78, 5) is 6.79. The van der Waals surface area contributed by atoms with Crippen molar-refractivity contribution in [3.63, 3.8) is 0 Å². The lowest BCUT2D eigenvalue weighted by molar-refractivity contribution is 0.0398. The number of sulfone groups is 1. The SMILES string of the molecule is CCOc1ccc(-c2nc(S(=O)(=O)c3ccc(Br)cc3)c(NCCN3CCOCC3)o2)cc1. The summed E-state index contributed by atoms with van der Waals surface area (Å²) in [6.07, 6.45) is 0.